The fourth-order valence-corrected chi connectivity index (χ4v) is 8.14. The van der Waals surface area contributed by atoms with Crippen molar-refractivity contribution < 1.29 is 0 Å². The van der Waals surface area contributed by atoms with Crippen molar-refractivity contribution in [3.8, 4) is 67.7 Å². The van der Waals surface area contributed by atoms with Gasteiger partial charge in [-0.2, -0.15) is 0 Å². The van der Waals surface area contributed by atoms with Crippen molar-refractivity contribution in [2.45, 2.75) is 33.6 Å². The molecule has 0 amide bonds. The standard InChI is InChI=1S/C55H44N4/c1-5-6-21-39-30-31-48-49(40-22-10-7-11-23-40)35-50(56-52(48)38(39)4)44-32-43(47-29-18-20-37(3)51(47)46-28-17-16-19-36(46)2)33-45(34-44)55-58-53(41-24-12-8-13-25-41)57-54(59-55)42-26-14-9-15-27-42/h5-15,17-18,20-35H,1,16,19H2,2-4H3/b21-6-. The minimum atomic E-state index is 0.597. The van der Waals surface area contributed by atoms with Crippen molar-refractivity contribution in [2.24, 2.45) is 0 Å². The third kappa shape index (κ3) is 7.49. The molecule has 0 bridgehead atoms. The molecule has 0 fully saturated rings. The van der Waals surface area contributed by atoms with Crippen LogP contribution >= 0.6 is 0 Å². The zero-order valence-electron chi connectivity index (χ0n) is 33.7. The maximum absolute atomic E-state index is 5.51. The molecule has 0 saturated carbocycles. The molecule has 4 nitrogen and oxygen atoms in total. The SMILES string of the molecule is C=C/C=C\c1ccc2c(-c3ccccc3)cc(-c3cc(-c4nc(-c5ccccc5)nc(-c5ccccc5)n4)cc(-c4cccc(C)c4C4=C(C)CCC=C4)c3)nc2c1C. The van der Waals surface area contributed by atoms with Crippen LogP contribution in [-0.2, 0) is 0 Å². The van der Waals surface area contributed by atoms with E-state index in [1.54, 1.807) is 0 Å². The molecule has 0 N–H and O–H groups in total. The minimum Gasteiger partial charge on any atom is -0.247 e. The van der Waals surface area contributed by atoms with Gasteiger partial charge in [0.1, 0.15) is 0 Å². The molecule has 0 spiro atoms. The van der Waals surface area contributed by atoms with Gasteiger partial charge in [0.05, 0.1) is 11.2 Å². The van der Waals surface area contributed by atoms with Gasteiger partial charge in [-0.05, 0) is 108 Å². The first kappa shape index (κ1) is 37.3. The lowest BCUT2D eigenvalue weighted by Gasteiger charge is -2.20. The predicted molar refractivity (Wildman–Crippen MR) is 247 cm³/mol. The average molecular weight is 761 g/mol. The fourth-order valence-electron chi connectivity index (χ4n) is 8.14. The Labute approximate surface area is 346 Å². The molecule has 4 heteroatoms. The number of rotatable bonds is 9. The number of benzene rings is 6. The Morgan fingerprint density at radius 2 is 1.15 bits per heavy atom. The van der Waals surface area contributed by atoms with E-state index in [9.17, 15) is 0 Å². The molecule has 2 heterocycles. The van der Waals surface area contributed by atoms with Crippen molar-refractivity contribution in [1.29, 1.82) is 0 Å². The van der Waals surface area contributed by atoms with Crippen LogP contribution in [0.2, 0.25) is 0 Å². The molecule has 0 aliphatic heterocycles. The van der Waals surface area contributed by atoms with Crippen LogP contribution in [0.5, 0.6) is 0 Å². The maximum Gasteiger partial charge on any atom is 0.164 e. The lowest BCUT2D eigenvalue weighted by molar-refractivity contribution is 0.967. The highest BCUT2D eigenvalue weighted by Crippen LogP contribution is 2.41. The van der Waals surface area contributed by atoms with Crippen molar-refractivity contribution in [3.05, 3.63) is 204 Å². The van der Waals surface area contributed by atoms with Crippen LogP contribution in [0.25, 0.3) is 90.2 Å². The number of pyridine rings is 1. The van der Waals surface area contributed by atoms with Crippen LogP contribution in [0.1, 0.15) is 42.0 Å². The molecule has 1 aliphatic carbocycles. The first-order valence-corrected chi connectivity index (χ1v) is 20.2. The Bertz CT molecular complexity index is 2900. The lowest BCUT2D eigenvalue weighted by Crippen LogP contribution is -2.01. The number of nitrogens with zero attached hydrogens (tertiary/aromatic N) is 4. The first-order valence-electron chi connectivity index (χ1n) is 20.2. The van der Waals surface area contributed by atoms with E-state index in [-0.39, 0.29) is 0 Å². The molecule has 0 atom stereocenters. The van der Waals surface area contributed by atoms with Crippen LogP contribution in [-0.4, -0.2) is 19.9 Å². The quantitative estimate of drug-likeness (QED) is 0.138. The second-order valence-electron chi connectivity index (χ2n) is 15.2. The highest BCUT2D eigenvalue weighted by molar-refractivity contribution is 6.00. The Morgan fingerprint density at radius 3 is 1.80 bits per heavy atom. The molecule has 0 saturated heterocycles. The van der Waals surface area contributed by atoms with E-state index >= 15 is 0 Å². The van der Waals surface area contributed by atoms with Gasteiger partial charge in [-0.3, -0.25) is 0 Å². The zero-order chi connectivity index (χ0) is 40.3. The van der Waals surface area contributed by atoms with Crippen LogP contribution < -0.4 is 0 Å². The maximum atomic E-state index is 5.51. The molecule has 284 valence electrons. The zero-order valence-corrected chi connectivity index (χ0v) is 33.7. The average Bonchev–Trinajstić information content (AvgIpc) is 3.29. The second-order valence-corrected chi connectivity index (χ2v) is 15.2. The number of hydrogen-bond donors (Lipinski definition) is 0. The summed E-state index contributed by atoms with van der Waals surface area (Å²) in [6.07, 6.45) is 12.6. The van der Waals surface area contributed by atoms with Crippen LogP contribution in [0, 0.1) is 13.8 Å². The van der Waals surface area contributed by atoms with E-state index in [4.69, 9.17) is 19.9 Å². The van der Waals surface area contributed by atoms with E-state index in [2.05, 4.69) is 131 Å². The van der Waals surface area contributed by atoms with Gasteiger partial charge in [0.2, 0.25) is 0 Å². The molecule has 1 aliphatic rings. The van der Waals surface area contributed by atoms with Crippen LogP contribution in [0.15, 0.2) is 182 Å². The van der Waals surface area contributed by atoms with Gasteiger partial charge in [0.25, 0.3) is 0 Å². The van der Waals surface area contributed by atoms with E-state index < -0.39 is 0 Å². The summed E-state index contributed by atoms with van der Waals surface area (Å²) in [5.74, 6) is 1.84. The minimum absolute atomic E-state index is 0.597. The van der Waals surface area contributed by atoms with Gasteiger partial charge >= 0.3 is 0 Å². The third-order valence-corrected chi connectivity index (χ3v) is 11.2. The molecular formula is C55H44N4. The van der Waals surface area contributed by atoms with Gasteiger partial charge in [-0.25, -0.2) is 19.9 Å². The summed E-state index contributed by atoms with van der Waals surface area (Å²) in [4.78, 5) is 20.9. The molecule has 2 aromatic heterocycles. The largest absolute Gasteiger partial charge is 0.247 e. The summed E-state index contributed by atoms with van der Waals surface area (Å²) in [5.41, 5.74) is 17.4. The second kappa shape index (κ2) is 16.3. The molecule has 8 aromatic rings. The Hall–Kier alpha value is -7.30. The fraction of sp³-hybridized carbons (Fsp3) is 0.0909. The van der Waals surface area contributed by atoms with Crippen LogP contribution in [0.3, 0.4) is 0 Å². The van der Waals surface area contributed by atoms with E-state index in [1.165, 1.54) is 22.3 Å². The molecule has 59 heavy (non-hydrogen) atoms. The molecular weight excluding hydrogens is 717 g/mol. The van der Waals surface area contributed by atoms with Gasteiger partial charge in [-0.1, -0.05) is 164 Å². The summed E-state index contributed by atoms with van der Waals surface area (Å²) in [6.45, 7) is 10.6. The highest BCUT2D eigenvalue weighted by Gasteiger charge is 2.20. The molecule has 0 unspecified atom stereocenters. The van der Waals surface area contributed by atoms with Crippen molar-refractivity contribution in [1.82, 2.24) is 19.9 Å². The Balaban J connectivity index is 1.35. The molecule has 9 rings (SSSR count). The smallest absolute Gasteiger partial charge is 0.164 e. The van der Waals surface area contributed by atoms with E-state index in [0.29, 0.717) is 17.5 Å². The predicted octanol–water partition coefficient (Wildman–Crippen LogP) is 14.4. The Kier molecular flexibility index (Phi) is 10.3. The van der Waals surface area contributed by atoms with Gasteiger partial charge in [0.15, 0.2) is 17.5 Å². The number of allylic oxidation sites excluding steroid dienone is 6. The third-order valence-electron chi connectivity index (χ3n) is 11.2. The number of fused-ring (bicyclic) bond motifs is 1. The summed E-state index contributed by atoms with van der Waals surface area (Å²) < 4.78 is 0. The highest BCUT2D eigenvalue weighted by atomic mass is 15.0. The van der Waals surface area contributed by atoms with Gasteiger partial charge in [0, 0.05) is 27.6 Å². The van der Waals surface area contributed by atoms with Crippen LogP contribution in [0.4, 0.5) is 0 Å². The summed E-state index contributed by atoms with van der Waals surface area (Å²) >= 11 is 0. The molecule has 0 radical (unpaired) electrons. The van der Waals surface area contributed by atoms with Crippen molar-refractivity contribution in [3.63, 3.8) is 0 Å². The van der Waals surface area contributed by atoms with Gasteiger partial charge in [-0.15, -0.1) is 0 Å². The number of hydrogen-bond acceptors (Lipinski definition) is 4. The normalized spacial score (nSPS) is 12.7. The number of aryl methyl sites for hydroxylation is 2. The topological polar surface area (TPSA) is 51.6 Å². The lowest BCUT2D eigenvalue weighted by atomic mass is 9.84. The Morgan fingerprint density at radius 1 is 0.542 bits per heavy atom. The summed E-state index contributed by atoms with van der Waals surface area (Å²) in [5, 5.41) is 1.11. The van der Waals surface area contributed by atoms with E-state index in [1.807, 2.05) is 72.8 Å². The van der Waals surface area contributed by atoms with Crippen molar-refractivity contribution >= 4 is 22.6 Å². The summed E-state index contributed by atoms with van der Waals surface area (Å²) in [7, 11) is 0. The monoisotopic (exact) mass is 760 g/mol. The molecule has 6 aromatic carbocycles. The summed E-state index contributed by atoms with van der Waals surface area (Å²) in [6, 6.07) is 50.9. The van der Waals surface area contributed by atoms with Crippen molar-refractivity contribution in [2.75, 3.05) is 0 Å². The number of aromatic nitrogens is 4. The van der Waals surface area contributed by atoms with E-state index in [0.717, 1.165) is 85.1 Å². The van der Waals surface area contributed by atoms with Gasteiger partial charge < -0.3 is 0 Å². The first-order chi connectivity index (χ1) is 28.9.